The van der Waals surface area contributed by atoms with Crippen LogP contribution in [0.1, 0.15) is 37.3 Å². The van der Waals surface area contributed by atoms with Crippen LogP contribution in [-0.2, 0) is 81.4 Å². The van der Waals surface area contributed by atoms with Gasteiger partial charge in [-0.25, -0.2) is 0 Å². The fourth-order valence-electron chi connectivity index (χ4n) is 2.24. The van der Waals surface area contributed by atoms with Gasteiger partial charge >= 0.3 is 67.8 Å². The maximum absolute atomic E-state index is 11.4. The van der Waals surface area contributed by atoms with Crippen LogP contribution >= 0.6 is 0 Å². The molecule has 0 bridgehead atoms. The molecule has 0 aliphatic carbocycles. The third-order valence-electron chi connectivity index (χ3n) is 4.05. The third kappa shape index (κ3) is 30.6. The molecule has 1 aromatic carbocycles. The van der Waals surface area contributed by atoms with Crippen LogP contribution in [0.2, 0.25) is 19.6 Å². The van der Waals surface area contributed by atoms with E-state index in [1.807, 2.05) is 12.1 Å². The second-order valence-corrected chi connectivity index (χ2v) is 14.3. The van der Waals surface area contributed by atoms with Crippen molar-refractivity contribution in [2.45, 2.75) is 51.4 Å². The number of benzene rings is 1. The molecule has 0 aliphatic heterocycles. The van der Waals surface area contributed by atoms with E-state index >= 15 is 0 Å². The van der Waals surface area contributed by atoms with E-state index in [0.717, 1.165) is 29.9 Å². The van der Waals surface area contributed by atoms with Crippen molar-refractivity contribution in [2.75, 3.05) is 12.9 Å². The first-order valence-corrected chi connectivity index (χ1v) is 15.3. The maximum Gasteiger partial charge on any atom is 0 e. The summed E-state index contributed by atoms with van der Waals surface area (Å²) in [6.07, 6.45) is 3.52. The Morgan fingerprint density at radius 2 is 1.30 bits per heavy atom. The predicted molar refractivity (Wildman–Crippen MR) is 134 cm³/mol. The van der Waals surface area contributed by atoms with Crippen molar-refractivity contribution in [3.8, 4) is 11.8 Å². The molecule has 222 valence electrons. The monoisotopic (exact) mass is 680 g/mol. The summed E-state index contributed by atoms with van der Waals surface area (Å²) in [5, 5.41) is 12.1. The minimum atomic E-state index is -3.68. The second-order valence-electron chi connectivity index (χ2n) is 7.54. The molecule has 0 fully saturated rings. The Balaban J connectivity index is -0.000000107. The Kier molecular flexibility index (Phi) is 53.6. The van der Waals surface area contributed by atoms with Gasteiger partial charge < -0.3 is 5.11 Å². The molecule has 0 amide bonds. The molecule has 0 aliphatic rings. The molecule has 1 N–H and O–H groups in total. The molecular weight excluding hydrogens is 650 g/mol. The van der Waals surface area contributed by atoms with Crippen LogP contribution in [0.5, 0.6) is 0 Å². The first-order valence-electron chi connectivity index (χ1n) is 9.98. The standard InChI is InChI=1S/C20H30O4SSi.6CO.2Co/c1-7-8-9-10-15-20(21,16-24-25(3,22)23)19-13-11-18(12-14-19)17(2)26(4,5)6;6*1-2;;/h11-14,21H,2,7-9,16H2,1,3-6H3;;;;;;;;. The number of aliphatic hydroxyl groups is 1. The zero-order valence-electron chi connectivity index (χ0n) is 22.5. The third-order valence-corrected chi connectivity index (χ3v) is 6.69. The van der Waals surface area contributed by atoms with Gasteiger partial charge in [0.25, 0.3) is 10.1 Å². The summed E-state index contributed by atoms with van der Waals surface area (Å²) in [6.45, 7) is 39.5. The zero-order valence-corrected chi connectivity index (χ0v) is 26.4. The van der Waals surface area contributed by atoms with Crippen molar-refractivity contribution in [3.63, 3.8) is 0 Å². The van der Waals surface area contributed by atoms with E-state index in [1.54, 1.807) is 12.1 Å². The van der Waals surface area contributed by atoms with Crippen LogP contribution in [0.15, 0.2) is 30.8 Å². The topological polar surface area (TPSA) is 183 Å². The maximum atomic E-state index is 11.4. The van der Waals surface area contributed by atoms with E-state index in [9.17, 15) is 13.5 Å². The SMILES string of the molecule is C=C(c1ccc(C(O)(C#CCCCC)COS(C)(=O)=O)cc1)[Si](C)(C)C.[C-]#[O+].[C-]#[O+].[C-]#[O+].[C-]#[O+].[C-]#[O+].[C-]#[O+].[Co].[Co]. The minimum absolute atomic E-state index is 0. The smallest absolute Gasteiger partial charge is 0 e. The van der Waals surface area contributed by atoms with Gasteiger partial charge in [0.2, 0.25) is 0 Å². The van der Waals surface area contributed by atoms with Gasteiger partial charge in [0, 0.05) is 40.0 Å². The van der Waals surface area contributed by atoms with Crippen molar-refractivity contribution in [3.05, 3.63) is 81.9 Å². The van der Waals surface area contributed by atoms with Gasteiger partial charge in [-0.3, -0.25) is 4.18 Å². The Bertz CT molecular complexity index is 1010. The zero-order chi connectivity index (χ0) is 32.0. The van der Waals surface area contributed by atoms with Gasteiger partial charge in [0.1, 0.15) is 6.61 Å². The van der Waals surface area contributed by atoms with Crippen molar-refractivity contribution < 1.29 is 79.2 Å². The Hall–Kier alpha value is -1.94. The molecule has 0 aromatic heterocycles. The fraction of sp³-hybridized carbons (Fsp3) is 0.385. The molecule has 1 aromatic rings. The Morgan fingerprint density at radius 1 is 0.925 bits per heavy atom. The summed E-state index contributed by atoms with van der Waals surface area (Å²) in [6, 6.07) is 7.33. The van der Waals surface area contributed by atoms with E-state index in [-0.39, 0.29) is 33.6 Å². The summed E-state index contributed by atoms with van der Waals surface area (Å²) in [4.78, 5) is 0. The van der Waals surface area contributed by atoms with Gasteiger partial charge in [-0.2, -0.15) is 8.42 Å². The molecule has 40 heavy (non-hydrogen) atoms. The van der Waals surface area contributed by atoms with Crippen LogP contribution in [0.4, 0.5) is 0 Å². The van der Waals surface area contributed by atoms with Crippen LogP contribution in [0.3, 0.4) is 0 Å². The van der Waals surface area contributed by atoms with Gasteiger partial charge in [-0.05, 0) is 17.5 Å². The molecule has 14 heteroatoms. The van der Waals surface area contributed by atoms with E-state index < -0.39 is 30.4 Å². The van der Waals surface area contributed by atoms with Crippen molar-refractivity contribution in [1.29, 1.82) is 0 Å². The summed E-state index contributed by atoms with van der Waals surface area (Å²) in [5.74, 6) is 5.74. The molecule has 0 saturated carbocycles. The summed E-state index contributed by atoms with van der Waals surface area (Å²) < 4.78 is 72.5. The van der Waals surface area contributed by atoms with Gasteiger partial charge in [0.15, 0.2) is 5.60 Å². The molecular formula is C26H30Co2O10SSi. The van der Waals surface area contributed by atoms with Crippen LogP contribution in [0.25, 0.3) is 5.20 Å². The van der Waals surface area contributed by atoms with Gasteiger partial charge in [-0.15, -0.1) is 0 Å². The minimum Gasteiger partial charge on any atom is 0 e. The largest absolute Gasteiger partial charge is 0 e. The van der Waals surface area contributed by atoms with E-state index in [1.165, 1.54) is 0 Å². The molecule has 10 nitrogen and oxygen atoms in total. The first kappa shape index (κ1) is 57.8. The second kappa shape index (κ2) is 37.1. The van der Waals surface area contributed by atoms with Crippen molar-refractivity contribution in [1.82, 2.24) is 0 Å². The van der Waals surface area contributed by atoms with Gasteiger partial charge in [0.05, 0.1) is 14.3 Å². The fourth-order valence-corrected chi connectivity index (χ4v) is 3.66. The number of unbranched alkanes of at least 4 members (excludes halogenated alkanes) is 2. The van der Waals surface area contributed by atoms with Crippen LogP contribution in [0, 0.1) is 51.7 Å². The quantitative estimate of drug-likeness (QED) is 0.110. The summed E-state index contributed by atoms with van der Waals surface area (Å²) >= 11 is 0. The molecule has 1 unspecified atom stereocenters. The van der Waals surface area contributed by atoms with Crippen molar-refractivity contribution >= 4 is 23.4 Å². The Labute approximate surface area is 259 Å². The molecule has 0 saturated heterocycles. The Morgan fingerprint density at radius 3 is 1.60 bits per heavy atom. The number of hydrogen-bond donors (Lipinski definition) is 1. The predicted octanol–water partition coefficient (Wildman–Crippen LogP) is 3.70. The average molecular weight is 681 g/mol. The molecule has 1 atom stereocenters. The summed E-state index contributed by atoms with van der Waals surface area (Å²) in [5.41, 5.74) is -0.133. The van der Waals surface area contributed by atoms with Crippen molar-refractivity contribution in [2.24, 2.45) is 0 Å². The molecule has 0 heterocycles. The van der Waals surface area contributed by atoms with Gasteiger partial charge in [-0.1, -0.05) is 80.9 Å². The normalized spacial score (nSPS) is 9.55. The first-order chi connectivity index (χ1) is 17.9. The van der Waals surface area contributed by atoms with E-state index in [4.69, 9.17) is 32.1 Å². The van der Waals surface area contributed by atoms with Crippen LogP contribution in [-0.4, -0.2) is 34.5 Å². The van der Waals surface area contributed by atoms with E-state index in [0.29, 0.717) is 12.0 Å². The molecule has 2 radical (unpaired) electrons. The molecule has 1 rings (SSSR count). The van der Waals surface area contributed by atoms with E-state index in [2.05, 4.69) is 84.9 Å². The number of hydrogen-bond acceptors (Lipinski definition) is 4. The number of rotatable bonds is 8. The molecule has 0 spiro atoms. The van der Waals surface area contributed by atoms with Crippen LogP contribution < -0.4 is 0 Å². The average Bonchev–Trinajstić information content (AvgIpc) is 2.95. The summed E-state index contributed by atoms with van der Waals surface area (Å²) in [7, 11) is -5.20.